The number of hydrogen-bond donors (Lipinski definition) is 1. The Balaban J connectivity index is 2.28. The summed E-state index contributed by atoms with van der Waals surface area (Å²) in [6.07, 6.45) is 0. The van der Waals surface area contributed by atoms with Crippen LogP contribution in [0.15, 0.2) is 53.6 Å². The fraction of sp³-hybridized carbons (Fsp3) is 0.0714. The zero-order valence-corrected chi connectivity index (χ0v) is 11.5. The summed E-state index contributed by atoms with van der Waals surface area (Å²) in [7, 11) is 0. The highest BCUT2D eigenvalue weighted by atomic mass is 35.5. The first kappa shape index (κ1) is 14.0. The Hall–Kier alpha value is -2.40. The van der Waals surface area contributed by atoms with Crippen molar-refractivity contribution in [1.82, 2.24) is 0 Å². The summed E-state index contributed by atoms with van der Waals surface area (Å²) in [5.41, 5.74) is 4.46. The van der Waals surface area contributed by atoms with Crippen molar-refractivity contribution in [2.24, 2.45) is 5.10 Å². The molecular weight excluding hydrogens is 278 g/mol. The first-order valence-electron chi connectivity index (χ1n) is 5.88. The Morgan fingerprint density at radius 3 is 2.55 bits per heavy atom. The molecule has 2 aromatic rings. The fourth-order valence-corrected chi connectivity index (χ4v) is 1.87. The van der Waals surface area contributed by atoms with Crippen LogP contribution < -0.4 is 5.43 Å². The Morgan fingerprint density at radius 2 is 1.85 bits per heavy atom. The lowest BCUT2D eigenvalue weighted by molar-refractivity contribution is -0.385. The van der Waals surface area contributed by atoms with Crippen molar-refractivity contribution >= 4 is 28.7 Å². The van der Waals surface area contributed by atoms with E-state index in [1.807, 2.05) is 12.1 Å². The number of halogens is 1. The molecule has 0 unspecified atom stereocenters. The quantitative estimate of drug-likeness (QED) is 0.524. The van der Waals surface area contributed by atoms with Crippen molar-refractivity contribution in [1.29, 1.82) is 0 Å². The van der Waals surface area contributed by atoms with Crippen molar-refractivity contribution < 1.29 is 4.92 Å². The maximum atomic E-state index is 11.0. The molecule has 2 rings (SSSR count). The average Bonchev–Trinajstić information content (AvgIpc) is 2.46. The third-order valence-electron chi connectivity index (χ3n) is 2.71. The molecule has 0 radical (unpaired) electrons. The molecular formula is C14H12ClN3O2. The minimum absolute atomic E-state index is 0.0229. The zero-order chi connectivity index (χ0) is 14.5. The van der Waals surface area contributed by atoms with Gasteiger partial charge in [-0.3, -0.25) is 15.5 Å². The van der Waals surface area contributed by atoms with Gasteiger partial charge >= 0.3 is 0 Å². The summed E-state index contributed by atoms with van der Waals surface area (Å²) in [4.78, 5) is 10.5. The number of nitro benzene ring substituents is 1. The van der Waals surface area contributed by atoms with E-state index in [4.69, 9.17) is 11.6 Å². The van der Waals surface area contributed by atoms with Crippen LogP contribution in [0.2, 0.25) is 5.02 Å². The molecule has 0 saturated carbocycles. The molecule has 20 heavy (non-hydrogen) atoms. The molecule has 0 aliphatic heterocycles. The Bertz CT molecular complexity index is 671. The van der Waals surface area contributed by atoms with Gasteiger partial charge in [0.25, 0.3) is 5.69 Å². The van der Waals surface area contributed by atoms with E-state index in [0.717, 1.165) is 0 Å². The van der Waals surface area contributed by atoms with Gasteiger partial charge in [0.05, 0.1) is 26.9 Å². The van der Waals surface area contributed by atoms with Crippen LogP contribution >= 0.6 is 11.6 Å². The van der Waals surface area contributed by atoms with Crippen molar-refractivity contribution in [2.45, 2.75) is 6.92 Å². The molecule has 1 N–H and O–H groups in total. The molecule has 102 valence electrons. The Morgan fingerprint density at radius 1 is 1.20 bits per heavy atom. The van der Waals surface area contributed by atoms with Crippen LogP contribution in [0.1, 0.15) is 12.5 Å². The second-order valence-corrected chi connectivity index (χ2v) is 4.47. The topological polar surface area (TPSA) is 67.5 Å². The lowest BCUT2D eigenvalue weighted by Crippen LogP contribution is -2.03. The molecule has 5 nitrogen and oxygen atoms in total. The van der Waals surface area contributed by atoms with E-state index in [2.05, 4.69) is 10.5 Å². The van der Waals surface area contributed by atoms with Crippen LogP contribution in [0.3, 0.4) is 0 Å². The van der Waals surface area contributed by atoms with Crippen LogP contribution in [0.4, 0.5) is 11.4 Å². The Kier molecular flexibility index (Phi) is 4.32. The molecule has 0 bridgehead atoms. The number of rotatable bonds is 4. The number of hydrogen-bond acceptors (Lipinski definition) is 4. The van der Waals surface area contributed by atoms with Gasteiger partial charge in [-0.15, -0.1) is 0 Å². The summed E-state index contributed by atoms with van der Waals surface area (Å²) < 4.78 is 0. The molecule has 0 aliphatic carbocycles. The number of nitrogens with one attached hydrogen (secondary N) is 1. The maximum absolute atomic E-state index is 11.0. The van der Waals surface area contributed by atoms with Gasteiger partial charge < -0.3 is 0 Å². The highest BCUT2D eigenvalue weighted by molar-refractivity contribution is 6.33. The lowest BCUT2D eigenvalue weighted by atomic mass is 10.1. The highest BCUT2D eigenvalue weighted by Crippen LogP contribution is 2.22. The van der Waals surface area contributed by atoms with Crippen LogP contribution in [0.5, 0.6) is 0 Å². The SMILES string of the molecule is C/C(=N\Nc1ccccc1Cl)c1ccccc1[N+](=O)[O-]. The molecule has 0 atom stereocenters. The van der Waals surface area contributed by atoms with E-state index < -0.39 is 4.92 Å². The summed E-state index contributed by atoms with van der Waals surface area (Å²) >= 11 is 6.00. The molecule has 0 saturated heterocycles. The van der Waals surface area contributed by atoms with E-state index in [1.165, 1.54) is 6.07 Å². The van der Waals surface area contributed by atoms with Gasteiger partial charge in [0.2, 0.25) is 0 Å². The molecule has 6 heteroatoms. The lowest BCUT2D eigenvalue weighted by Gasteiger charge is -2.05. The first-order valence-corrected chi connectivity index (χ1v) is 6.26. The second-order valence-electron chi connectivity index (χ2n) is 4.06. The predicted molar refractivity (Wildman–Crippen MR) is 80.4 cm³/mol. The molecule has 2 aromatic carbocycles. The van der Waals surface area contributed by atoms with Gasteiger partial charge in [0, 0.05) is 6.07 Å². The number of nitro groups is 1. The van der Waals surface area contributed by atoms with E-state index >= 15 is 0 Å². The number of nitrogens with zero attached hydrogens (tertiary/aromatic N) is 2. The second kappa shape index (κ2) is 6.16. The van der Waals surface area contributed by atoms with Crippen LogP contribution in [0.25, 0.3) is 0 Å². The highest BCUT2D eigenvalue weighted by Gasteiger charge is 2.14. The van der Waals surface area contributed by atoms with Gasteiger partial charge in [-0.25, -0.2) is 0 Å². The fourth-order valence-electron chi connectivity index (χ4n) is 1.69. The van der Waals surface area contributed by atoms with Gasteiger partial charge in [0.1, 0.15) is 0 Å². The third kappa shape index (κ3) is 3.13. The first-order chi connectivity index (χ1) is 9.59. The minimum Gasteiger partial charge on any atom is -0.277 e. The summed E-state index contributed by atoms with van der Waals surface area (Å²) in [6.45, 7) is 1.70. The van der Waals surface area contributed by atoms with Crippen LogP contribution in [-0.4, -0.2) is 10.6 Å². The van der Waals surface area contributed by atoms with Crippen molar-refractivity contribution in [3.05, 3.63) is 69.2 Å². The largest absolute Gasteiger partial charge is 0.278 e. The summed E-state index contributed by atoms with van der Waals surface area (Å²) in [5.74, 6) is 0. The van der Waals surface area contributed by atoms with E-state index in [9.17, 15) is 10.1 Å². The molecule has 0 amide bonds. The van der Waals surface area contributed by atoms with Crippen molar-refractivity contribution in [3.63, 3.8) is 0 Å². The van der Waals surface area contributed by atoms with E-state index in [0.29, 0.717) is 22.0 Å². The van der Waals surface area contributed by atoms with Gasteiger partial charge in [-0.2, -0.15) is 5.10 Å². The molecule has 0 heterocycles. The van der Waals surface area contributed by atoms with Gasteiger partial charge in [-0.05, 0) is 25.1 Å². The smallest absolute Gasteiger partial charge is 0.277 e. The normalized spacial score (nSPS) is 11.2. The monoisotopic (exact) mass is 289 g/mol. The molecule has 0 fully saturated rings. The number of hydrazone groups is 1. The average molecular weight is 290 g/mol. The van der Waals surface area contributed by atoms with Gasteiger partial charge in [-0.1, -0.05) is 35.9 Å². The van der Waals surface area contributed by atoms with E-state index in [1.54, 1.807) is 37.3 Å². The summed E-state index contributed by atoms with van der Waals surface area (Å²) in [5, 5.41) is 15.6. The maximum Gasteiger partial charge on any atom is 0.278 e. The molecule has 0 aromatic heterocycles. The van der Waals surface area contributed by atoms with Gasteiger partial charge in [0.15, 0.2) is 0 Å². The molecule has 0 aliphatic rings. The number of benzene rings is 2. The minimum atomic E-state index is -0.427. The number of para-hydroxylation sites is 2. The van der Waals surface area contributed by atoms with Crippen LogP contribution in [-0.2, 0) is 0 Å². The standard InChI is InChI=1S/C14H12ClN3O2/c1-10(11-6-2-5-9-14(11)18(19)20)16-17-13-8-4-3-7-12(13)15/h2-9,17H,1H3/b16-10+. The van der Waals surface area contributed by atoms with Crippen LogP contribution in [0, 0.1) is 10.1 Å². The summed E-state index contributed by atoms with van der Waals surface area (Å²) in [6, 6.07) is 13.6. The predicted octanol–water partition coefficient (Wildman–Crippen LogP) is 4.08. The van der Waals surface area contributed by atoms with Crippen molar-refractivity contribution in [3.8, 4) is 0 Å². The molecule has 0 spiro atoms. The Labute approximate surface area is 121 Å². The number of anilines is 1. The zero-order valence-electron chi connectivity index (χ0n) is 10.7. The van der Waals surface area contributed by atoms with Crippen molar-refractivity contribution in [2.75, 3.05) is 5.43 Å². The van der Waals surface area contributed by atoms with E-state index in [-0.39, 0.29) is 5.69 Å². The third-order valence-corrected chi connectivity index (χ3v) is 3.04.